The van der Waals surface area contributed by atoms with Crippen molar-refractivity contribution in [2.24, 2.45) is 29.1 Å². The molecule has 0 N–H and O–H groups in total. The van der Waals surface area contributed by atoms with Crippen LogP contribution in [0, 0.1) is 29.1 Å². The minimum atomic E-state index is -0.0569. The molecule has 1 aliphatic heterocycles. The Morgan fingerprint density at radius 3 is 2.35 bits per heavy atom. The zero-order chi connectivity index (χ0) is 21.6. The van der Waals surface area contributed by atoms with Gasteiger partial charge in [-0.3, -0.25) is 14.3 Å². The van der Waals surface area contributed by atoms with E-state index in [0.29, 0.717) is 30.6 Å². The Labute approximate surface area is 185 Å². The number of carbonyl (C=O) groups is 2. The molecule has 1 unspecified atom stereocenters. The molecule has 1 aromatic rings. The van der Waals surface area contributed by atoms with Crippen LogP contribution in [-0.2, 0) is 11.3 Å². The average molecular weight is 428 g/mol. The van der Waals surface area contributed by atoms with E-state index in [1.54, 1.807) is 15.8 Å². The van der Waals surface area contributed by atoms with Gasteiger partial charge in [0.2, 0.25) is 5.91 Å². The maximum Gasteiger partial charge on any atom is 0.276 e. The highest BCUT2D eigenvalue weighted by molar-refractivity contribution is 5.91. The van der Waals surface area contributed by atoms with Crippen molar-refractivity contribution in [2.45, 2.75) is 71.8 Å². The van der Waals surface area contributed by atoms with Crippen LogP contribution < -0.4 is 0 Å². The lowest BCUT2D eigenvalue weighted by atomic mass is 9.49. The first-order valence-electron chi connectivity index (χ1n) is 12.5. The molecule has 0 spiro atoms. The Hall–Kier alpha value is -1.92. The number of hydrogen-bond acceptors (Lipinski definition) is 4. The van der Waals surface area contributed by atoms with E-state index in [-0.39, 0.29) is 11.3 Å². The highest BCUT2D eigenvalue weighted by Crippen LogP contribution is 2.60. The molecule has 2 heterocycles. The Bertz CT molecular complexity index is 794. The van der Waals surface area contributed by atoms with Crippen LogP contribution >= 0.6 is 0 Å². The van der Waals surface area contributed by atoms with Crippen molar-refractivity contribution in [3.8, 4) is 0 Å². The Morgan fingerprint density at radius 2 is 1.74 bits per heavy atom. The van der Waals surface area contributed by atoms with Crippen molar-refractivity contribution in [3.63, 3.8) is 0 Å². The lowest BCUT2D eigenvalue weighted by Gasteiger charge is -2.57. The molecule has 4 bridgehead atoms. The summed E-state index contributed by atoms with van der Waals surface area (Å²) >= 11 is 0. The van der Waals surface area contributed by atoms with Gasteiger partial charge in [0.1, 0.15) is 0 Å². The molecule has 1 saturated heterocycles. The van der Waals surface area contributed by atoms with E-state index in [9.17, 15) is 9.59 Å². The number of nitrogens with zero attached hydrogens (tertiary/aromatic N) is 5. The van der Waals surface area contributed by atoms with Gasteiger partial charge in [-0.05, 0) is 88.9 Å². The zero-order valence-corrected chi connectivity index (χ0v) is 19.1. The second-order valence-corrected chi connectivity index (χ2v) is 10.8. The molecule has 2 amide bonds. The third kappa shape index (κ3) is 3.89. The second kappa shape index (κ2) is 8.21. The predicted octanol–water partition coefficient (Wildman–Crippen LogP) is 3.22. The molecule has 0 aromatic carbocycles. The van der Waals surface area contributed by atoms with Crippen LogP contribution in [0.5, 0.6) is 0 Å². The average Bonchev–Trinajstić information content (AvgIpc) is 3.21. The number of hydrogen-bond donors (Lipinski definition) is 0. The van der Waals surface area contributed by atoms with E-state index < -0.39 is 0 Å². The van der Waals surface area contributed by atoms with Gasteiger partial charge < -0.3 is 9.80 Å². The number of amides is 2. The number of rotatable bonds is 6. The summed E-state index contributed by atoms with van der Waals surface area (Å²) in [7, 11) is 0. The Kier molecular flexibility index (Phi) is 5.55. The predicted molar refractivity (Wildman–Crippen MR) is 117 cm³/mol. The van der Waals surface area contributed by atoms with Gasteiger partial charge in [-0.2, -0.15) is 0 Å². The van der Waals surface area contributed by atoms with Gasteiger partial charge in [0.05, 0.1) is 11.6 Å². The van der Waals surface area contributed by atoms with Gasteiger partial charge in [-0.15, -0.1) is 5.10 Å². The molecule has 170 valence electrons. The molecule has 1 atom stereocenters. The van der Waals surface area contributed by atoms with Crippen molar-refractivity contribution in [3.05, 3.63) is 11.9 Å². The summed E-state index contributed by atoms with van der Waals surface area (Å²) in [6.45, 7) is 7.74. The molecule has 6 rings (SSSR count). The molecule has 0 radical (unpaired) electrons. The summed E-state index contributed by atoms with van der Waals surface area (Å²) in [5.74, 6) is 3.17. The van der Waals surface area contributed by atoms with Crippen molar-refractivity contribution in [1.82, 2.24) is 24.8 Å². The third-order valence-corrected chi connectivity index (χ3v) is 8.55. The van der Waals surface area contributed by atoms with Crippen molar-refractivity contribution >= 4 is 11.8 Å². The lowest BCUT2D eigenvalue weighted by molar-refractivity contribution is -0.159. The lowest BCUT2D eigenvalue weighted by Crippen LogP contribution is -2.56. The van der Waals surface area contributed by atoms with Crippen molar-refractivity contribution in [1.29, 1.82) is 0 Å². The summed E-state index contributed by atoms with van der Waals surface area (Å²) in [5.41, 5.74) is 0.369. The van der Waals surface area contributed by atoms with Gasteiger partial charge >= 0.3 is 0 Å². The number of likely N-dealkylation sites (tertiary alicyclic amines) is 1. The molecule has 7 nitrogen and oxygen atoms in total. The Balaban J connectivity index is 1.22. The molecule has 5 fully saturated rings. The molecule has 4 saturated carbocycles. The molecule has 4 aliphatic carbocycles. The molecule has 31 heavy (non-hydrogen) atoms. The van der Waals surface area contributed by atoms with Crippen LogP contribution in [0.15, 0.2) is 6.20 Å². The standard InChI is InChI=1S/C24H37N5O2/c1-3-27(4-2)22(30)21-16-29(26-25-21)15-17-6-5-7-28(14-17)23(31)24-11-18-8-19(12-24)10-20(9-18)13-24/h16-20H,3-15H2,1-2H3. The normalized spacial score (nSPS) is 34.2. The van der Waals surface area contributed by atoms with Gasteiger partial charge in [0.25, 0.3) is 5.91 Å². The number of aromatic nitrogens is 3. The van der Waals surface area contributed by atoms with Gasteiger partial charge in [0.15, 0.2) is 5.69 Å². The van der Waals surface area contributed by atoms with E-state index in [0.717, 1.165) is 69.5 Å². The Morgan fingerprint density at radius 1 is 1.10 bits per heavy atom. The first-order chi connectivity index (χ1) is 15.0. The minimum absolute atomic E-state index is 0.0484. The largest absolute Gasteiger partial charge is 0.342 e. The molecule has 5 aliphatic rings. The summed E-state index contributed by atoms with van der Waals surface area (Å²) in [4.78, 5) is 30.2. The van der Waals surface area contributed by atoms with Crippen molar-refractivity contribution < 1.29 is 9.59 Å². The quantitative estimate of drug-likeness (QED) is 0.699. The molecular weight excluding hydrogens is 390 g/mol. The van der Waals surface area contributed by atoms with Crippen LogP contribution in [0.3, 0.4) is 0 Å². The second-order valence-electron chi connectivity index (χ2n) is 10.8. The fraction of sp³-hybridized carbons (Fsp3) is 0.833. The van der Waals surface area contributed by atoms with Gasteiger partial charge in [-0.1, -0.05) is 5.21 Å². The number of carbonyl (C=O) groups excluding carboxylic acids is 2. The molecule has 7 heteroatoms. The van der Waals surface area contributed by atoms with Gasteiger partial charge in [0, 0.05) is 32.7 Å². The van der Waals surface area contributed by atoms with Crippen LogP contribution in [0.25, 0.3) is 0 Å². The van der Waals surface area contributed by atoms with E-state index in [4.69, 9.17) is 0 Å². The minimum Gasteiger partial charge on any atom is -0.342 e. The SMILES string of the molecule is CCN(CC)C(=O)c1cn(CC2CCCN(C(=O)C34CC5CC(CC(C5)C3)C4)C2)nn1. The summed E-state index contributed by atoms with van der Waals surface area (Å²) in [6.07, 6.45) is 11.5. The highest BCUT2D eigenvalue weighted by Gasteiger charge is 2.55. The third-order valence-electron chi connectivity index (χ3n) is 8.55. The topological polar surface area (TPSA) is 71.3 Å². The number of piperidine rings is 1. The summed E-state index contributed by atoms with van der Waals surface area (Å²) < 4.78 is 1.81. The van der Waals surface area contributed by atoms with Crippen molar-refractivity contribution in [2.75, 3.05) is 26.2 Å². The van der Waals surface area contributed by atoms with Crippen LogP contribution in [0.4, 0.5) is 0 Å². The maximum absolute atomic E-state index is 13.7. The van der Waals surface area contributed by atoms with E-state index >= 15 is 0 Å². The fourth-order valence-electron chi connectivity index (χ4n) is 7.53. The maximum atomic E-state index is 13.7. The smallest absolute Gasteiger partial charge is 0.276 e. The summed E-state index contributed by atoms with van der Waals surface area (Å²) in [5, 5.41) is 8.34. The zero-order valence-electron chi connectivity index (χ0n) is 19.1. The van der Waals surface area contributed by atoms with E-state index in [1.807, 2.05) is 13.8 Å². The molecule has 1 aromatic heterocycles. The first kappa shape index (κ1) is 21.0. The first-order valence-corrected chi connectivity index (χ1v) is 12.5. The van der Waals surface area contributed by atoms with Gasteiger partial charge in [-0.25, -0.2) is 0 Å². The highest BCUT2D eigenvalue weighted by atomic mass is 16.2. The molecular formula is C24H37N5O2. The van der Waals surface area contributed by atoms with Crippen LogP contribution in [-0.4, -0.2) is 62.8 Å². The fourth-order valence-corrected chi connectivity index (χ4v) is 7.53. The van der Waals surface area contributed by atoms with E-state index in [2.05, 4.69) is 15.2 Å². The van der Waals surface area contributed by atoms with Crippen LogP contribution in [0.1, 0.15) is 75.7 Å². The summed E-state index contributed by atoms with van der Waals surface area (Å²) in [6, 6.07) is 0. The van der Waals surface area contributed by atoms with Crippen LogP contribution in [0.2, 0.25) is 0 Å². The monoisotopic (exact) mass is 427 g/mol. The van der Waals surface area contributed by atoms with E-state index in [1.165, 1.54) is 19.3 Å².